The molecule has 2 amide bonds. The Morgan fingerprint density at radius 1 is 0.903 bits per heavy atom. The third-order valence-corrected chi connectivity index (χ3v) is 5.43. The van der Waals surface area contributed by atoms with E-state index in [0.29, 0.717) is 29.4 Å². The van der Waals surface area contributed by atoms with Crippen LogP contribution in [0.1, 0.15) is 39.1 Å². The summed E-state index contributed by atoms with van der Waals surface area (Å²) < 4.78 is 10.4. The maximum Gasteiger partial charge on any atom is 0.305 e. The monoisotopic (exact) mass is 417 g/mol. The van der Waals surface area contributed by atoms with Crippen molar-refractivity contribution < 1.29 is 23.9 Å². The number of benzene rings is 3. The second-order valence-electron chi connectivity index (χ2n) is 7.39. The number of hydrogen-bond acceptors (Lipinski definition) is 5. The van der Waals surface area contributed by atoms with Crippen molar-refractivity contribution in [3.05, 3.63) is 77.4 Å². The fourth-order valence-corrected chi connectivity index (χ4v) is 3.81. The van der Waals surface area contributed by atoms with E-state index in [1.165, 1.54) is 4.90 Å². The molecule has 3 aromatic rings. The molecular weight excluding hydrogens is 394 g/mol. The minimum Gasteiger partial charge on any atom is -0.497 e. The van der Waals surface area contributed by atoms with Gasteiger partial charge in [-0.2, -0.15) is 0 Å². The number of carbonyl (C=O) groups is 3. The summed E-state index contributed by atoms with van der Waals surface area (Å²) in [6.07, 6.45) is 1.11. The predicted molar refractivity (Wildman–Crippen MR) is 116 cm³/mol. The third kappa shape index (κ3) is 4.28. The van der Waals surface area contributed by atoms with Crippen molar-refractivity contribution in [3.63, 3.8) is 0 Å². The molecule has 1 aliphatic heterocycles. The number of carbonyl (C=O) groups excluding carboxylic acids is 3. The normalized spacial score (nSPS) is 12.9. The Kier molecular flexibility index (Phi) is 5.98. The van der Waals surface area contributed by atoms with Gasteiger partial charge in [-0.05, 0) is 41.6 Å². The van der Waals surface area contributed by atoms with Gasteiger partial charge in [-0.15, -0.1) is 0 Å². The molecule has 0 aromatic heterocycles. The topological polar surface area (TPSA) is 72.9 Å². The summed E-state index contributed by atoms with van der Waals surface area (Å²) in [5, 5.41) is 1.57. The first-order valence-corrected chi connectivity index (χ1v) is 10.2. The SMILES string of the molecule is COc1ccc(CCOC(=O)CCCN2C(=O)c3cccc4cccc(c34)C2=O)cc1. The lowest BCUT2D eigenvalue weighted by atomic mass is 9.94. The van der Waals surface area contributed by atoms with Crippen LogP contribution in [-0.2, 0) is 16.0 Å². The maximum absolute atomic E-state index is 12.8. The van der Waals surface area contributed by atoms with Gasteiger partial charge in [-0.1, -0.05) is 36.4 Å². The van der Waals surface area contributed by atoms with E-state index < -0.39 is 0 Å². The minimum atomic E-state index is -0.340. The van der Waals surface area contributed by atoms with Crippen LogP contribution in [0.4, 0.5) is 0 Å². The van der Waals surface area contributed by atoms with Gasteiger partial charge in [-0.25, -0.2) is 0 Å². The molecule has 0 N–H and O–H groups in total. The highest BCUT2D eigenvalue weighted by Crippen LogP contribution is 2.30. The van der Waals surface area contributed by atoms with Gasteiger partial charge in [0.25, 0.3) is 11.8 Å². The van der Waals surface area contributed by atoms with Crippen molar-refractivity contribution in [1.82, 2.24) is 4.90 Å². The Morgan fingerprint density at radius 3 is 2.16 bits per heavy atom. The molecule has 4 rings (SSSR count). The van der Waals surface area contributed by atoms with Gasteiger partial charge in [0.2, 0.25) is 0 Å². The zero-order valence-electron chi connectivity index (χ0n) is 17.3. The quantitative estimate of drug-likeness (QED) is 0.409. The summed E-state index contributed by atoms with van der Waals surface area (Å²) in [6.45, 7) is 0.456. The average Bonchev–Trinajstić information content (AvgIpc) is 2.80. The van der Waals surface area contributed by atoms with E-state index in [4.69, 9.17) is 9.47 Å². The van der Waals surface area contributed by atoms with Crippen molar-refractivity contribution in [1.29, 1.82) is 0 Å². The van der Waals surface area contributed by atoms with Crippen molar-refractivity contribution in [2.75, 3.05) is 20.3 Å². The first kappa shape index (κ1) is 20.6. The second kappa shape index (κ2) is 9.00. The molecule has 0 aliphatic carbocycles. The van der Waals surface area contributed by atoms with Gasteiger partial charge < -0.3 is 9.47 Å². The van der Waals surface area contributed by atoms with Crippen LogP contribution in [0, 0.1) is 0 Å². The minimum absolute atomic E-state index is 0.144. The molecule has 158 valence electrons. The van der Waals surface area contributed by atoms with Crippen molar-refractivity contribution in [2.24, 2.45) is 0 Å². The van der Waals surface area contributed by atoms with Crippen LogP contribution in [0.3, 0.4) is 0 Å². The van der Waals surface area contributed by atoms with Crippen LogP contribution in [0.15, 0.2) is 60.7 Å². The van der Waals surface area contributed by atoms with Gasteiger partial charge in [0.05, 0.1) is 13.7 Å². The lowest BCUT2D eigenvalue weighted by Crippen LogP contribution is -2.41. The van der Waals surface area contributed by atoms with E-state index in [9.17, 15) is 14.4 Å². The molecule has 0 spiro atoms. The summed E-state index contributed by atoms with van der Waals surface area (Å²) in [5.41, 5.74) is 2.09. The standard InChI is InChI=1S/C25H23NO5/c1-30-19-12-10-17(11-13-19)14-16-31-22(27)9-4-15-26-24(28)20-7-2-5-18-6-3-8-21(23(18)20)25(26)29/h2-3,5-8,10-13H,4,9,14-16H2,1H3. The molecule has 0 saturated heterocycles. The number of imide groups is 1. The third-order valence-electron chi connectivity index (χ3n) is 5.43. The Balaban J connectivity index is 1.29. The molecule has 0 radical (unpaired) electrons. The molecule has 1 aliphatic rings. The average molecular weight is 417 g/mol. The maximum atomic E-state index is 12.8. The van der Waals surface area contributed by atoms with Crippen molar-refractivity contribution in [3.8, 4) is 5.75 Å². The fraction of sp³-hybridized carbons (Fsp3) is 0.240. The number of nitrogens with zero attached hydrogens (tertiary/aromatic N) is 1. The molecule has 0 unspecified atom stereocenters. The van der Waals surface area contributed by atoms with Gasteiger partial charge >= 0.3 is 5.97 Å². The van der Waals surface area contributed by atoms with Crippen LogP contribution in [0.5, 0.6) is 5.75 Å². The number of rotatable bonds is 8. The lowest BCUT2D eigenvalue weighted by Gasteiger charge is -2.27. The summed E-state index contributed by atoms with van der Waals surface area (Å²) >= 11 is 0. The van der Waals surface area contributed by atoms with Gasteiger partial charge in [-0.3, -0.25) is 19.3 Å². The first-order valence-electron chi connectivity index (χ1n) is 10.2. The molecule has 6 nitrogen and oxygen atoms in total. The van der Waals surface area contributed by atoms with Crippen LogP contribution in [-0.4, -0.2) is 42.9 Å². The molecule has 6 heteroatoms. The number of hydrogen-bond donors (Lipinski definition) is 0. The van der Waals surface area contributed by atoms with E-state index in [-0.39, 0.29) is 37.4 Å². The summed E-state index contributed by atoms with van der Waals surface area (Å²) in [5.74, 6) is -0.196. The van der Waals surface area contributed by atoms with Crippen LogP contribution in [0.2, 0.25) is 0 Å². The Morgan fingerprint density at radius 2 is 1.55 bits per heavy atom. The van der Waals surface area contributed by atoms with E-state index in [0.717, 1.165) is 16.7 Å². The zero-order valence-corrected chi connectivity index (χ0v) is 17.3. The Bertz CT molecular complexity index is 1090. The van der Waals surface area contributed by atoms with E-state index in [1.807, 2.05) is 48.5 Å². The van der Waals surface area contributed by atoms with Gasteiger partial charge in [0.1, 0.15) is 5.75 Å². The van der Waals surface area contributed by atoms with Gasteiger partial charge in [0, 0.05) is 35.9 Å². The van der Waals surface area contributed by atoms with E-state index in [1.54, 1.807) is 19.2 Å². The van der Waals surface area contributed by atoms with Crippen LogP contribution < -0.4 is 4.74 Å². The van der Waals surface area contributed by atoms with E-state index >= 15 is 0 Å². The highest BCUT2D eigenvalue weighted by molar-refractivity contribution is 6.25. The summed E-state index contributed by atoms with van der Waals surface area (Å²) in [7, 11) is 1.61. The largest absolute Gasteiger partial charge is 0.497 e. The number of ether oxygens (including phenoxy) is 2. The number of methoxy groups -OCH3 is 1. The molecule has 31 heavy (non-hydrogen) atoms. The first-order chi connectivity index (χ1) is 15.1. The molecule has 0 bridgehead atoms. The number of esters is 1. The smallest absolute Gasteiger partial charge is 0.305 e. The van der Waals surface area contributed by atoms with Crippen molar-refractivity contribution in [2.45, 2.75) is 19.3 Å². The highest BCUT2D eigenvalue weighted by Gasteiger charge is 2.32. The highest BCUT2D eigenvalue weighted by atomic mass is 16.5. The van der Waals surface area contributed by atoms with Crippen LogP contribution >= 0.6 is 0 Å². The van der Waals surface area contributed by atoms with E-state index in [2.05, 4.69) is 0 Å². The molecule has 0 fully saturated rings. The summed E-state index contributed by atoms with van der Waals surface area (Å²) in [6, 6.07) is 18.5. The number of amides is 2. The molecule has 0 saturated carbocycles. The molecule has 1 heterocycles. The zero-order chi connectivity index (χ0) is 21.8. The van der Waals surface area contributed by atoms with Crippen molar-refractivity contribution >= 4 is 28.6 Å². The molecule has 3 aromatic carbocycles. The Hall–Kier alpha value is -3.67. The van der Waals surface area contributed by atoms with Gasteiger partial charge in [0.15, 0.2) is 0 Å². The Labute approximate surface area is 180 Å². The van der Waals surface area contributed by atoms with Crippen LogP contribution in [0.25, 0.3) is 10.8 Å². The molecular formula is C25H23NO5. The molecule has 0 atom stereocenters. The lowest BCUT2D eigenvalue weighted by molar-refractivity contribution is -0.143. The predicted octanol–water partition coefficient (Wildman–Crippen LogP) is 4.01. The summed E-state index contributed by atoms with van der Waals surface area (Å²) in [4.78, 5) is 39.0. The fourth-order valence-electron chi connectivity index (χ4n) is 3.81. The second-order valence-corrected chi connectivity index (χ2v) is 7.39.